The molecule has 0 spiro atoms. The van der Waals surface area contributed by atoms with E-state index in [4.69, 9.17) is 11.6 Å². The second kappa shape index (κ2) is 11.5. The Balaban J connectivity index is 1.60. The quantitative estimate of drug-likeness (QED) is 0.323. The normalized spacial score (nSPS) is 19.1. The standard InChI is InChI=1S/C29H23ClF6N4O3/c30-20-8-2-1-7-19(20)25(26(42)37-17-14-28(32,33)15-17)39(18-6-3-5-16(31)13-18)27(43)21-11-12-24(41)40(21)23-10-4-9-22(38-23)29(34,35)36/h1-10,13,17,21,25H,11-12,14-15H2,(H,37,42)/t21-,25-/m0/s1. The number of hydrogen-bond donors (Lipinski definition) is 1. The van der Waals surface area contributed by atoms with Crippen LogP contribution in [0.3, 0.4) is 0 Å². The fraction of sp³-hybridized carbons (Fsp3) is 0.310. The summed E-state index contributed by atoms with van der Waals surface area (Å²) < 4.78 is 81.9. The van der Waals surface area contributed by atoms with Crippen LogP contribution in [0, 0.1) is 5.82 Å². The first kappa shape index (κ1) is 30.3. The van der Waals surface area contributed by atoms with E-state index >= 15 is 0 Å². The fourth-order valence-corrected chi connectivity index (χ4v) is 5.49. The van der Waals surface area contributed by atoms with Crippen LogP contribution in [0.4, 0.5) is 37.8 Å². The van der Waals surface area contributed by atoms with E-state index in [9.17, 15) is 40.7 Å². The van der Waals surface area contributed by atoms with E-state index in [-0.39, 0.29) is 29.1 Å². The average Bonchev–Trinajstić information content (AvgIpc) is 3.31. The van der Waals surface area contributed by atoms with Crippen molar-refractivity contribution in [1.82, 2.24) is 10.3 Å². The summed E-state index contributed by atoms with van der Waals surface area (Å²) >= 11 is 6.43. The summed E-state index contributed by atoms with van der Waals surface area (Å²) in [4.78, 5) is 46.4. The predicted octanol–water partition coefficient (Wildman–Crippen LogP) is 6.08. The van der Waals surface area contributed by atoms with E-state index in [1.807, 2.05) is 0 Å². The minimum atomic E-state index is -4.84. The molecule has 1 N–H and O–H groups in total. The number of nitrogens with one attached hydrogen (secondary N) is 1. The summed E-state index contributed by atoms with van der Waals surface area (Å²) in [7, 11) is 0. The number of halogens is 7. The van der Waals surface area contributed by atoms with Gasteiger partial charge in [-0.2, -0.15) is 13.2 Å². The van der Waals surface area contributed by atoms with Crippen molar-refractivity contribution < 1.29 is 40.7 Å². The van der Waals surface area contributed by atoms with E-state index in [0.29, 0.717) is 6.07 Å². The first-order valence-electron chi connectivity index (χ1n) is 13.1. The van der Waals surface area contributed by atoms with Crippen LogP contribution < -0.4 is 15.1 Å². The smallest absolute Gasteiger partial charge is 0.351 e. The topological polar surface area (TPSA) is 82.6 Å². The van der Waals surface area contributed by atoms with Gasteiger partial charge in [-0.25, -0.2) is 18.2 Å². The summed E-state index contributed by atoms with van der Waals surface area (Å²) in [6.07, 6.45) is -6.49. The molecule has 3 aromatic rings. The average molecular weight is 625 g/mol. The van der Waals surface area contributed by atoms with Crippen molar-refractivity contribution in [2.24, 2.45) is 0 Å². The van der Waals surface area contributed by atoms with Crippen LogP contribution in [-0.2, 0) is 20.6 Å². The number of benzene rings is 2. The van der Waals surface area contributed by atoms with Gasteiger partial charge >= 0.3 is 6.18 Å². The van der Waals surface area contributed by atoms with E-state index < -0.39 is 78.1 Å². The van der Waals surface area contributed by atoms with Crippen LogP contribution in [0.25, 0.3) is 0 Å². The highest BCUT2D eigenvalue weighted by atomic mass is 35.5. The second-order valence-electron chi connectivity index (χ2n) is 10.3. The molecule has 43 heavy (non-hydrogen) atoms. The van der Waals surface area contributed by atoms with Gasteiger partial charge < -0.3 is 5.32 Å². The SMILES string of the molecule is O=C(NC1CC(F)(F)C1)[C@H](c1ccccc1Cl)N(C(=O)[C@@H]1CCC(=O)N1c1cccc(C(F)(F)F)n1)c1cccc(F)c1. The van der Waals surface area contributed by atoms with Gasteiger partial charge in [-0.3, -0.25) is 24.2 Å². The monoisotopic (exact) mass is 624 g/mol. The molecule has 1 aliphatic heterocycles. The van der Waals surface area contributed by atoms with Crippen molar-refractivity contribution >= 4 is 40.8 Å². The molecular formula is C29H23ClF6N4O3. The Bertz CT molecular complexity index is 1560. The minimum absolute atomic E-state index is 0.0229. The molecule has 2 heterocycles. The van der Waals surface area contributed by atoms with Gasteiger partial charge in [0.2, 0.25) is 11.8 Å². The first-order valence-corrected chi connectivity index (χ1v) is 13.5. The molecule has 0 bridgehead atoms. The van der Waals surface area contributed by atoms with Gasteiger partial charge in [-0.15, -0.1) is 0 Å². The van der Waals surface area contributed by atoms with Gasteiger partial charge in [0.15, 0.2) is 0 Å². The van der Waals surface area contributed by atoms with E-state index in [2.05, 4.69) is 10.3 Å². The number of pyridine rings is 1. The number of alkyl halides is 5. The van der Waals surface area contributed by atoms with Gasteiger partial charge in [-0.1, -0.05) is 41.9 Å². The summed E-state index contributed by atoms with van der Waals surface area (Å²) in [5.41, 5.74) is -1.36. The Morgan fingerprint density at radius 2 is 1.74 bits per heavy atom. The molecule has 2 aromatic carbocycles. The molecule has 3 amide bonds. The van der Waals surface area contributed by atoms with Gasteiger partial charge in [0.1, 0.15) is 29.4 Å². The molecule has 2 fully saturated rings. The number of rotatable bonds is 7. The lowest BCUT2D eigenvalue weighted by Gasteiger charge is -2.39. The first-order chi connectivity index (χ1) is 20.2. The zero-order valence-corrected chi connectivity index (χ0v) is 22.9. The van der Waals surface area contributed by atoms with Gasteiger partial charge in [0.05, 0.1) is 0 Å². The maximum Gasteiger partial charge on any atom is 0.433 e. The summed E-state index contributed by atoms with van der Waals surface area (Å²) in [6.45, 7) is 0. The lowest BCUT2D eigenvalue weighted by molar-refractivity contribution is -0.141. The van der Waals surface area contributed by atoms with Crippen molar-refractivity contribution in [1.29, 1.82) is 0 Å². The zero-order chi connectivity index (χ0) is 31.1. The van der Waals surface area contributed by atoms with Crippen LogP contribution in [0.15, 0.2) is 66.7 Å². The van der Waals surface area contributed by atoms with Crippen molar-refractivity contribution in [2.75, 3.05) is 9.80 Å². The van der Waals surface area contributed by atoms with Crippen molar-refractivity contribution in [3.63, 3.8) is 0 Å². The number of carbonyl (C=O) groups excluding carboxylic acids is 3. The van der Waals surface area contributed by atoms with Gasteiger partial charge in [0.25, 0.3) is 11.8 Å². The molecule has 0 radical (unpaired) electrons. The molecule has 14 heteroatoms. The molecule has 1 saturated carbocycles. The Morgan fingerprint density at radius 3 is 2.40 bits per heavy atom. The third kappa shape index (κ3) is 6.31. The Hall–Kier alpha value is -4.13. The Morgan fingerprint density at radius 1 is 1.05 bits per heavy atom. The number of hydrogen-bond acceptors (Lipinski definition) is 4. The van der Waals surface area contributed by atoms with Gasteiger partial charge in [0, 0.05) is 41.6 Å². The van der Waals surface area contributed by atoms with Crippen LogP contribution >= 0.6 is 11.6 Å². The fourth-order valence-electron chi connectivity index (χ4n) is 5.25. The highest BCUT2D eigenvalue weighted by Crippen LogP contribution is 2.40. The molecule has 2 atom stereocenters. The summed E-state index contributed by atoms with van der Waals surface area (Å²) in [5.74, 6) is -6.75. The second-order valence-corrected chi connectivity index (χ2v) is 10.7. The maximum absolute atomic E-state index is 14.5. The molecule has 1 aliphatic carbocycles. The maximum atomic E-state index is 14.5. The third-order valence-corrected chi connectivity index (χ3v) is 7.58. The van der Waals surface area contributed by atoms with Crippen molar-refractivity contribution in [3.05, 3.63) is 88.8 Å². The Kier molecular flexibility index (Phi) is 8.12. The predicted molar refractivity (Wildman–Crippen MR) is 144 cm³/mol. The molecule has 2 aliphatic rings. The van der Waals surface area contributed by atoms with Crippen LogP contribution in [0.2, 0.25) is 5.02 Å². The Labute approximate surface area is 246 Å². The van der Waals surface area contributed by atoms with Crippen LogP contribution in [-0.4, -0.2) is 40.7 Å². The van der Waals surface area contributed by atoms with E-state index in [1.54, 1.807) is 6.07 Å². The zero-order valence-electron chi connectivity index (χ0n) is 22.1. The van der Waals surface area contributed by atoms with Crippen molar-refractivity contribution in [2.45, 2.75) is 55.9 Å². The van der Waals surface area contributed by atoms with Gasteiger partial charge in [-0.05, 0) is 42.8 Å². The molecule has 5 rings (SSSR count). The van der Waals surface area contributed by atoms with Crippen LogP contribution in [0.5, 0.6) is 0 Å². The highest BCUT2D eigenvalue weighted by molar-refractivity contribution is 6.31. The molecular weight excluding hydrogens is 602 g/mol. The number of anilines is 2. The largest absolute Gasteiger partial charge is 0.433 e. The van der Waals surface area contributed by atoms with Crippen LogP contribution in [0.1, 0.15) is 43.0 Å². The summed E-state index contributed by atoms with van der Waals surface area (Å²) in [6, 6.07) is 9.44. The van der Waals surface area contributed by atoms with Crippen molar-refractivity contribution in [3.8, 4) is 0 Å². The molecule has 0 unspecified atom stereocenters. The molecule has 1 aromatic heterocycles. The van der Waals surface area contributed by atoms with E-state index in [1.165, 1.54) is 30.3 Å². The summed E-state index contributed by atoms with van der Waals surface area (Å²) in [5, 5.41) is 2.52. The van der Waals surface area contributed by atoms with E-state index in [0.717, 1.165) is 34.1 Å². The molecule has 226 valence electrons. The molecule has 1 saturated heterocycles. The lowest BCUT2D eigenvalue weighted by atomic mass is 9.87. The lowest BCUT2D eigenvalue weighted by Crippen LogP contribution is -2.56. The number of carbonyl (C=O) groups is 3. The highest BCUT2D eigenvalue weighted by Gasteiger charge is 2.49. The number of nitrogens with zero attached hydrogens (tertiary/aromatic N) is 3. The molecule has 7 nitrogen and oxygen atoms in total. The number of amides is 3. The minimum Gasteiger partial charge on any atom is -0.351 e. The third-order valence-electron chi connectivity index (χ3n) is 7.24. The number of aromatic nitrogens is 1.